The summed E-state index contributed by atoms with van der Waals surface area (Å²) in [4.78, 5) is 27.7. The highest BCUT2D eigenvalue weighted by molar-refractivity contribution is 5.90. The van der Waals surface area contributed by atoms with E-state index >= 15 is 0 Å². The Labute approximate surface area is 216 Å². The summed E-state index contributed by atoms with van der Waals surface area (Å²) in [5.74, 6) is -1.07. The van der Waals surface area contributed by atoms with E-state index < -0.39 is 11.4 Å². The predicted molar refractivity (Wildman–Crippen MR) is 142 cm³/mol. The summed E-state index contributed by atoms with van der Waals surface area (Å²) < 4.78 is 15.7. The lowest BCUT2D eigenvalue weighted by atomic mass is 9.73. The van der Waals surface area contributed by atoms with Crippen molar-refractivity contribution < 1.29 is 19.1 Å². The Balaban J connectivity index is 1.45. The fraction of sp³-hybridized carbons (Fsp3) is 0.290. The molecule has 37 heavy (non-hydrogen) atoms. The lowest BCUT2D eigenvalue weighted by molar-refractivity contribution is -0.143. The Morgan fingerprint density at radius 1 is 1.00 bits per heavy atom. The minimum Gasteiger partial charge on any atom is -0.480 e. The molecule has 6 heteroatoms. The zero-order valence-electron chi connectivity index (χ0n) is 21.0. The summed E-state index contributed by atoms with van der Waals surface area (Å²) in [6.45, 7) is 2.91. The van der Waals surface area contributed by atoms with Gasteiger partial charge in [-0.25, -0.2) is 4.39 Å². The number of nitrogens with zero attached hydrogens (tertiary/aromatic N) is 2. The minimum absolute atomic E-state index is 0.0773. The number of benzene rings is 3. The van der Waals surface area contributed by atoms with Crippen LogP contribution in [0.4, 0.5) is 4.39 Å². The van der Waals surface area contributed by atoms with E-state index in [2.05, 4.69) is 0 Å². The summed E-state index contributed by atoms with van der Waals surface area (Å²) in [5, 5.41) is 10.5. The Kier molecular flexibility index (Phi) is 6.83. The zero-order valence-corrected chi connectivity index (χ0v) is 21.0. The highest BCUT2D eigenvalue weighted by atomic mass is 19.1. The van der Waals surface area contributed by atoms with Gasteiger partial charge in [0.05, 0.1) is 5.41 Å². The zero-order chi connectivity index (χ0) is 26.0. The molecule has 1 atom stereocenters. The second kappa shape index (κ2) is 10.2. The fourth-order valence-corrected chi connectivity index (χ4v) is 5.68. The Morgan fingerprint density at radius 3 is 2.49 bits per heavy atom. The monoisotopic (exact) mass is 498 g/mol. The van der Waals surface area contributed by atoms with Gasteiger partial charge in [-0.2, -0.15) is 0 Å². The Morgan fingerprint density at radius 2 is 1.73 bits per heavy atom. The summed E-state index contributed by atoms with van der Waals surface area (Å²) >= 11 is 0. The second-order valence-electron chi connectivity index (χ2n) is 10.3. The molecular weight excluding hydrogens is 467 g/mol. The molecule has 1 aliphatic carbocycles. The number of carbonyl (C=O) groups excluding carboxylic acids is 1. The van der Waals surface area contributed by atoms with Crippen LogP contribution in [0.2, 0.25) is 0 Å². The molecule has 5 rings (SSSR count). The number of fused-ring (bicyclic) bond motifs is 3. The van der Waals surface area contributed by atoms with Crippen molar-refractivity contribution in [1.29, 1.82) is 0 Å². The van der Waals surface area contributed by atoms with Crippen LogP contribution in [0.5, 0.6) is 0 Å². The normalized spacial score (nSPS) is 16.9. The predicted octanol–water partition coefficient (Wildman–Crippen LogP) is 5.63. The molecule has 1 heterocycles. The Bertz CT molecular complexity index is 1450. The highest BCUT2D eigenvalue weighted by Crippen LogP contribution is 2.41. The van der Waals surface area contributed by atoms with Gasteiger partial charge in [-0.3, -0.25) is 9.59 Å². The number of aromatic nitrogens is 1. The number of hydrogen-bond acceptors (Lipinski definition) is 2. The first-order valence-corrected chi connectivity index (χ1v) is 12.7. The largest absolute Gasteiger partial charge is 0.480 e. The van der Waals surface area contributed by atoms with Gasteiger partial charge in [0.2, 0.25) is 5.91 Å². The lowest BCUT2D eigenvalue weighted by Gasteiger charge is -2.38. The average molecular weight is 499 g/mol. The van der Waals surface area contributed by atoms with Gasteiger partial charge in [0.15, 0.2) is 0 Å². The molecule has 1 aliphatic rings. The van der Waals surface area contributed by atoms with E-state index in [9.17, 15) is 19.1 Å². The number of carboxylic acid groups (broad SMARTS) is 1. The molecular formula is C31H31FN2O3. The van der Waals surface area contributed by atoms with E-state index in [4.69, 9.17) is 0 Å². The van der Waals surface area contributed by atoms with Gasteiger partial charge in [0.1, 0.15) is 12.4 Å². The van der Waals surface area contributed by atoms with E-state index in [-0.39, 0.29) is 18.3 Å². The van der Waals surface area contributed by atoms with Crippen molar-refractivity contribution in [2.45, 2.75) is 45.7 Å². The molecule has 5 nitrogen and oxygen atoms in total. The quantitative estimate of drug-likeness (QED) is 0.342. The summed E-state index contributed by atoms with van der Waals surface area (Å²) in [6, 6.07) is 24.3. The second-order valence-corrected chi connectivity index (χ2v) is 10.3. The van der Waals surface area contributed by atoms with Crippen LogP contribution in [0.25, 0.3) is 10.9 Å². The van der Waals surface area contributed by atoms with Crippen LogP contribution in [-0.2, 0) is 41.9 Å². The number of aliphatic carboxylic acids is 1. The number of halogens is 1. The standard InChI is InChI=1S/C31H31FN2O3/c1-31(16-14-28-26(19-31)25-12-5-6-13-27(25)34(28)21-29(35)36)30(37)33(20-23-8-3-2-4-9-23)17-15-22-10-7-11-24(32)18-22/h2-13,18H,14-17,19-21H2,1H3,(H,35,36). The molecule has 0 saturated carbocycles. The van der Waals surface area contributed by atoms with E-state index in [1.54, 1.807) is 6.07 Å². The molecule has 1 amide bonds. The average Bonchev–Trinajstić information content (AvgIpc) is 3.18. The van der Waals surface area contributed by atoms with Crippen LogP contribution >= 0.6 is 0 Å². The molecule has 190 valence electrons. The summed E-state index contributed by atoms with van der Waals surface area (Å²) in [7, 11) is 0. The summed E-state index contributed by atoms with van der Waals surface area (Å²) in [6.07, 6.45) is 2.40. The van der Waals surface area contributed by atoms with E-state index in [1.807, 2.05) is 77.1 Å². The fourth-order valence-electron chi connectivity index (χ4n) is 5.68. The van der Waals surface area contributed by atoms with E-state index in [0.717, 1.165) is 33.3 Å². The molecule has 0 fully saturated rings. The van der Waals surface area contributed by atoms with Crippen molar-refractivity contribution >= 4 is 22.8 Å². The van der Waals surface area contributed by atoms with Gasteiger partial charge in [0, 0.05) is 29.7 Å². The first kappa shape index (κ1) is 24.8. The van der Waals surface area contributed by atoms with E-state index in [0.29, 0.717) is 38.8 Å². The molecule has 0 aliphatic heterocycles. The van der Waals surface area contributed by atoms with Crippen LogP contribution in [0.3, 0.4) is 0 Å². The molecule has 0 saturated heterocycles. The van der Waals surface area contributed by atoms with Crippen molar-refractivity contribution in [1.82, 2.24) is 9.47 Å². The van der Waals surface area contributed by atoms with Crippen molar-refractivity contribution in [3.8, 4) is 0 Å². The molecule has 1 unspecified atom stereocenters. The topological polar surface area (TPSA) is 62.5 Å². The van der Waals surface area contributed by atoms with Gasteiger partial charge in [-0.05, 0) is 60.6 Å². The van der Waals surface area contributed by atoms with Crippen molar-refractivity contribution in [2.75, 3.05) is 6.54 Å². The molecule has 3 aromatic carbocycles. The van der Waals surface area contributed by atoms with Crippen LogP contribution in [0.15, 0.2) is 78.9 Å². The van der Waals surface area contributed by atoms with Crippen LogP contribution in [0.1, 0.15) is 35.7 Å². The van der Waals surface area contributed by atoms with Crippen LogP contribution in [-0.4, -0.2) is 33.0 Å². The highest BCUT2D eigenvalue weighted by Gasteiger charge is 2.41. The third-order valence-corrected chi connectivity index (χ3v) is 7.55. The maximum Gasteiger partial charge on any atom is 0.323 e. The third-order valence-electron chi connectivity index (χ3n) is 7.55. The van der Waals surface area contributed by atoms with Crippen LogP contribution in [0, 0.1) is 11.2 Å². The van der Waals surface area contributed by atoms with Crippen molar-refractivity contribution in [3.63, 3.8) is 0 Å². The number of rotatable bonds is 8. The first-order chi connectivity index (χ1) is 17.8. The maximum absolute atomic E-state index is 14.2. The number of carbonyl (C=O) groups is 2. The SMILES string of the molecule is CC1(C(=O)N(CCc2cccc(F)c2)Cc2ccccc2)CCc2c(c3ccccc3n2CC(=O)O)C1. The van der Waals surface area contributed by atoms with Crippen molar-refractivity contribution in [2.24, 2.45) is 5.41 Å². The number of carboxylic acids is 1. The smallest absolute Gasteiger partial charge is 0.323 e. The summed E-state index contributed by atoms with van der Waals surface area (Å²) in [5.41, 5.74) is 4.28. The van der Waals surface area contributed by atoms with Gasteiger partial charge in [0.25, 0.3) is 0 Å². The minimum atomic E-state index is -0.876. The molecule has 1 N–H and O–H groups in total. The van der Waals surface area contributed by atoms with E-state index in [1.165, 1.54) is 12.1 Å². The van der Waals surface area contributed by atoms with Gasteiger partial charge >= 0.3 is 5.97 Å². The van der Waals surface area contributed by atoms with Crippen LogP contribution < -0.4 is 0 Å². The van der Waals surface area contributed by atoms with Gasteiger partial charge in [-0.1, -0.05) is 67.6 Å². The first-order valence-electron chi connectivity index (χ1n) is 12.7. The van der Waals surface area contributed by atoms with Crippen molar-refractivity contribution in [3.05, 3.63) is 107 Å². The molecule has 4 aromatic rings. The van der Waals surface area contributed by atoms with Gasteiger partial charge in [-0.15, -0.1) is 0 Å². The number of hydrogen-bond donors (Lipinski definition) is 1. The molecule has 1 aromatic heterocycles. The molecule has 0 radical (unpaired) electrons. The molecule has 0 bridgehead atoms. The number of amides is 1. The maximum atomic E-state index is 14.2. The molecule has 0 spiro atoms. The number of para-hydroxylation sites is 1. The Hall–Kier alpha value is -3.93. The third kappa shape index (κ3) is 5.15. The van der Waals surface area contributed by atoms with Gasteiger partial charge < -0.3 is 14.6 Å². The lowest BCUT2D eigenvalue weighted by Crippen LogP contribution is -2.46.